The first-order valence-electron chi connectivity index (χ1n) is 9.71. The van der Waals surface area contributed by atoms with Gasteiger partial charge in [0.15, 0.2) is 0 Å². The molecule has 6 nitrogen and oxygen atoms in total. The highest BCUT2D eigenvalue weighted by atomic mass is 32.2. The second-order valence-electron chi connectivity index (χ2n) is 7.19. The van der Waals surface area contributed by atoms with Crippen molar-refractivity contribution >= 4 is 10.0 Å². The third-order valence-corrected chi connectivity index (χ3v) is 6.30. The van der Waals surface area contributed by atoms with E-state index in [1.807, 2.05) is 18.2 Å². The van der Waals surface area contributed by atoms with E-state index in [4.69, 9.17) is 0 Å². The first-order valence-corrected chi connectivity index (χ1v) is 11.4. The highest BCUT2D eigenvalue weighted by Crippen LogP contribution is 2.36. The van der Waals surface area contributed by atoms with Crippen molar-refractivity contribution in [3.05, 3.63) is 96.2 Å². The largest absolute Gasteiger partial charge is 0.280 e. The Hall–Kier alpha value is -3.36. The van der Waals surface area contributed by atoms with Crippen LogP contribution in [-0.4, -0.2) is 23.6 Å². The molecule has 8 heteroatoms. The lowest BCUT2D eigenvalue weighted by atomic mass is 9.97. The predicted octanol–water partition coefficient (Wildman–Crippen LogP) is 4.46. The van der Waals surface area contributed by atoms with Crippen molar-refractivity contribution in [2.24, 2.45) is 0 Å². The summed E-state index contributed by atoms with van der Waals surface area (Å²) in [4.78, 5) is 4.06. The maximum absolute atomic E-state index is 13.4. The monoisotopic (exact) mass is 436 g/mol. The summed E-state index contributed by atoms with van der Waals surface area (Å²) >= 11 is 0. The number of hydrogen-bond acceptors (Lipinski definition) is 4. The van der Waals surface area contributed by atoms with Crippen LogP contribution in [0.5, 0.6) is 0 Å². The van der Waals surface area contributed by atoms with Gasteiger partial charge in [0.25, 0.3) is 0 Å². The lowest BCUT2D eigenvalue weighted by molar-refractivity contribution is 0.563. The molecule has 1 atom stereocenters. The maximum atomic E-state index is 13.4. The van der Waals surface area contributed by atoms with E-state index in [2.05, 4.69) is 19.9 Å². The molecule has 2 heterocycles. The summed E-state index contributed by atoms with van der Waals surface area (Å²) in [5, 5.41) is 7.41. The Labute approximate surface area is 180 Å². The van der Waals surface area contributed by atoms with Gasteiger partial charge >= 0.3 is 0 Å². The zero-order valence-electron chi connectivity index (χ0n) is 16.8. The first-order chi connectivity index (χ1) is 14.9. The standard InChI is InChI=1S/C23H21FN4O2S/c1-16(28-31(29,30)15-17-5-3-2-4-6-17)22-21(18-11-13-25-14-12-18)23(27-26-22)19-7-9-20(24)10-8-19/h2-14,16,28H,15H2,1H3,(H,26,27)/t16-/m1/s1. The lowest BCUT2D eigenvalue weighted by Crippen LogP contribution is -2.28. The van der Waals surface area contributed by atoms with E-state index in [0.29, 0.717) is 17.0 Å². The molecule has 31 heavy (non-hydrogen) atoms. The third kappa shape index (κ3) is 4.87. The molecule has 0 aliphatic rings. The molecule has 0 aliphatic heterocycles. The fraction of sp³-hybridized carbons (Fsp3) is 0.130. The van der Waals surface area contributed by atoms with Crippen molar-refractivity contribution in [1.29, 1.82) is 0 Å². The summed E-state index contributed by atoms with van der Waals surface area (Å²) in [7, 11) is -3.60. The van der Waals surface area contributed by atoms with Crippen molar-refractivity contribution in [1.82, 2.24) is 19.9 Å². The summed E-state index contributed by atoms with van der Waals surface area (Å²) < 4.78 is 41.6. The van der Waals surface area contributed by atoms with E-state index >= 15 is 0 Å². The zero-order valence-corrected chi connectivity index (χ0v) is 17.6. The fourth-order valence-corrected chi connectivity index (χ4v) is 4.83. The van der Waals surface area contributed by atoms with E-state index in [0.717, 1.165) is 16.7 Å². The van der Waals surface area contributed by atoms with E-state index in [1.165, 1.54) is 12.1 Å². The number of rotatable bonds is 7. The minimum atomic E-state index is -3.60. The Balaban J connectivity index is 1.70. The number of H-pyrrole nitrogens is 1. The van der Waals surface area contributed by atoms with Gasteiger partial charge in [-0.15, -0.1) is 0 Å². The number of hydrogen-bond donors (Lipinski definition) is 2. The quantitative estimate of drug-likeness (QED) is 0.448. The summed E-state index contributed by atoms with van der Waals surface area (Å²) in [6.07, 6.45) is 3.32. The molecule has 0 saturated heterocycles. The van der Waals surface area contributed by atoms with Crippen molar-refractivity contribution in [3.8, 4) is 22.4 Å². The lowest BCUT2D eigenvalue weighted by Gasteiger charge is -2.15. The van der Waals surface area contributed by atoms with E-state index in [-0.39, 0.29) is 11.6 Å². The average molecular weight is 437 g/mol. The SMILES string of the molecule is C[C@@H](NS(=O)(=O)Cc1ccccc1)c1[nH]nc(-c2ccc(F)cc2)c1-c1ccncc1. The van der Waals surface area contributed by atoms with Gasteiger partial charge < -0.3 is 0 Å². The van der Waals surface area contributed by atoms with Crippen molar-refractivity contribution < 1.29 is 12.8 Å². The zero-order chi connectivity index (χ0) is 21.8. The topological polar surface area (TPSA) is 87.7 Å². The second kappa shape index (κ2) is 8.79. The molecular formula is C23H21FN4O2S. The molecule has 4 rings (SSSR count). The van der Waals surface area contributed by atoms with Gasteiger partial charge in [-0.25, -0.2) is 17.5 Å². The Morgan fingerprint density at radius 1 is 0.968 bits per heavy atom. The molecule has 2 N–H and O–H groups in total. The fourth-order valence-electron chi connectivity index (χ4n) is 3.46. The Kier molecular flexibility index (Phi) is 5.92. The summed E-state index contributed by atoms with van der Waals surface area (Å²) in [6, 6.07) is 18.1. The molecule has 0 amide bonds. The van der Waals surface area contributed by atoms with Gasteiger partial charge in [0.2, 0.25) is 10.0 Å². The van der Waals surface area contributed by atoms with Crippen LogP contribution in [0.1, 0.15) is 24.2 Å². The van der Waals surface area contributed by atoms with E-state index < -0.39 is 16.1 Å². The number of benzene rings is 2. The van der Waals surface area contributed by atoms with Gasteiger partial charge in [-0.1, -0.05) is 30.3 Å². The normalized spacial score (nSPS) is 12.6. The predicted molar refractivity (Wildman–Crippen MR) is 118 cm³/mol. The number of nitrogens with one attached hydrogen (secondary N) is 2. The highest BCUT2D eigenvalue weighted by molar-refractivity contribution is 7.88. The van der Waals surface area contributed by atoms with Gasteiger partial charge in [0, 0.05) is 23.5 Å². The summed E-state index contributed by atoms with van der Waals surface area (Å²) in [5.41, 5.74) is 4.21. The van der Waals surface area contributed by atoms with E-state index in [9.17, 15) is 12.8 Å². The van der Waals surface area contributed by atoms with Crippen LogP contribution >= 0.6 is 0 Å². The maximum Gasteiger partial charge on any atom is 0.216 e. The molecule has 0 fully saturated rings. The third-order valence-electron chi connectivity index (χ3n) is 4.87. The van der Waals surface area contributed by atoms with Gasteiger partial charge in [0.1, 0.15) is 11.5 Å². The van der Waals surface area contributed by atoms with Crippen LogP contribution in [0.4, 0.5) is 4.39 Å². The first kappa shape index (κ1) is 20.9. The molecule has 0 unspecified atom stereocenters. The minimum Gasteiger partial charge on any atom is -0.280 e. The molecule has 0 radical (unpaired) electrons. The number of sulfonamides is 1. The average Bonchev–Trinajstić information content (AvgIpc) is 3.20. The molecule has 2 aromatic heterocycles. The van der Waals surface area contributed by atoms with Crippen molar-refractivity contribution in [2.45, 2.75) is 18.7 Å². The van der Waals surface area contributed by atoms with Gasteiger partial charge in [-0.3, -0.25) is 10.1 Å². The number of aromatic nitrogens is 3. The minimum absolute atomic E-state index is 0.123. The van der Waals surface area contributed by atoms with Gasteiger partial charge in [-0.05, 0) is 54.4 Å². The Morgan fingerprint density at radius 3 is 2.32 bits per heavy atom. The van der Waals surface area contributed by atoms with Crippen LogP contribution in [0.15, 0.2) is 79.1 Å². The number of aromatic amines is 1. The smallest absolute Gasteiger partial charge is 0.216 e. The second-order valence-corrected chi connectivity index (χ2v) is 8.94. The summed E-state index contributed by atoms with van der Waals surface area (Å²) in [6.45, 7) is 1.76. The van der Waals surface area contributed by atoms with Crippen LogP contribution in [0.2, 0.25) is 0 Å². The molecule has 0 aliphatic carbocycles. The molecular weight excluding hydrogens is 415 g/mol. The van der Waals surface area contributed by atoms with Crippen LogP contribution in [0.25, 0.3) is 22.4 Å². The van der Waals surface area contributed by atoms with Crippen molar-refractivity contribution in [3.63, 3.8) is 0 Å². The number of halogens is 1. The van der Waals surface area contributed by atoms with Crippen LogP contribution in [0.3, 0.4) is 0 Å². The van der Waals surface area contributed by atoms with Gasteiger partial charge in [0.05, 0.1) is 17.5 Å². The number of pyridine rings is 1. The Bertz CT molecular complexity index is 1260. The van der Waals surface area contributed by atoms with Crippen molar-refractivity contribution in [2.75, 3.05) is 0 Å². The molecule has 2 aromatic carbocycles. The molecule has 4 aromatic rings. The van der Waals surface area contributed by atoms with Crippen LogP contribution < -0.4 is 4.72 Å². The van der Waals surface area contributed by atoms with Crippen LogP contribution in [-0.2, 0) is 15.8 Å². The molecule has 0 spiro atoms. The van der Waals surface area contributed by atoms with Crippen LogP contribution in [0, 0.1) is 5.82 Å². The molecule has 0 bridgehead atoms. The van der Waals surface area contributed by atoms with E-state index in [1.54, 1.807) is 55.7 Å². The number of nitrogens with zero attached hydrogens (tertiary/aromatic N) is 2. The molecule has 0 saturated carbocycles. The highest BCUT2D eigenvalue weighted by Gasteiger charge is 2.24. The van der Waals surface area contributed by atoms with Gasteiger partial charge in [-0.2, -0.15) is 5.10 Å². The summed E-state index contributed by atoms with van der Waals surface area (Å²) in [5.74, 6) is -0.464. The Morgan fingerprint density at radius 2 is 1.65 bits per heavy atom. The molecule has 158 valence electrons.